The normalized spacial score (nSPS) is 19.6. The summed E-state index contributed by atoms with van der Waals surface area (Å²) in [5.74, 6) is 1.39. The first-order valence-corrected chi connectivity index (χ1v) is 7.69. The Hall–Kier alpha value is -0.290. The lowest BCUT2D eigenvalue weighted by molar-refractivity contribution is 0.0783. The van der Waals surface area contributed by atoms with Crippen molar-refractivity contribution < 1.29 is 4.79 Å². The zero-order valence-corrected chi connectivity index (χ0v) is 13.5. The summed E-state index contributed by atoms with van der Waals surface area (Å²) in [6.45, 7) is 6.19. The lowest BCUT2D eigenvalue weighted by atomic mass is 9.95. The van der Waals surface area contributed by atoms with E-state index in [4.69, 9.17) is 11.6 Å². The Kier molecular flexibility index (Phi) is 4.54. The maximum absolute atomic E-state index is 12.5. The zero-order valence-electron chi connectivity index (χ0n) is 10.6. The summed E-state index contributed by atoms with van der Waals surface area (Å²) in [6.07, 6.45) is 1.11. The molecular formula is C14H17ClINO. The maximum atomic E-state index is 12.5. The van der Waals surface area contributed by atoms with Gasteiger partial charge in [0.2, 0.25) is 0 Å². The predicted molar refractivity (Wildman–Crippen MR) is 83.0 cm³/mol. The Balaban J connectivity index is 2.15. The molecule has 1 aliphatic rings. The van der Waals surface area contributed by atoms with Crippen LogP contribution in [0.25, 0.3) is 0 Å². The molecule has 1 aliphatic heterocycles. The van der Waals surface area contributed by atoms with E-state index in [2.05, 4.69) is 36.4 Å². The monoisotopic (exact) mass is 377 g/mol. The summed E-state index contributed by atoms with van der Waals surface area (Å²) in [4.78, 5) is 14.4. The van der Waals surface area contributed by atoms with Crippen LogP contribution in [0.15, 0.2) is 18.2 Å². The summed E-state index contributed by atoms with van der Waals surface area (Å²) < 4.78 is 0.968. The number of carbonyl (C=O) groups is 1. The van der Waals surface area contributed by atoms with Gasteiger partial charge in [0.15, 0.2) is 0 Å². The summed E-state index contributed by atoms with van der Waals surface area (Å²) >= 11 is 8.16. The van der Waals surface area contributed by atoms with Crippen LogP contribution in [0.5, 0.6) is 0 Å². The molecule has 18 heavy (non-hydrogen) atoms. The van der Waals surface area contributed by atoms with Crippen molar-refractivity contribution in [3.05, 3.63) is 32.4 Å². The maximum Gasteiger partial charge on any atom is 0.254 e. The average molecular weight is 378 g/mol. The summed E-state index contributed by atoms with van der Waals surface area (Å²) in [7, 11) is 0. The number of halogens is 2. The molecule has 0 radical (unpaired) electrons. The molecule has 2 nitrogen and oxygen atoms in total. The van der Waals surface area contributed by atoms with Gasteiger partial charge in [-0.2, -0.15) is 0 Å². The fourth-order valence-corrected chi connectivity index (χ4v) is 3.09. The lowest BCUT2D eigenvalue weighted by Crippen LogP contribution is -2.29. The Labute approximate surface area is 127 Å². The van der Waals surface area contributed by atoms with Gasteiger partial charge in [0.25, 0.3) is 5.91 Å². The van der Waals surface area contributed by atoms with Gasteiger partial charge in [0, 0.05) is 21.7 Å². The van der Waals surface area contributed by atoms with E-state index in [0.29, 0.717) is 16.9 Å². The second-order valence-electron chi connectivity index (χ2n) is 5.17. The topological polar surface area (TPSA) is 20.3 Å². The van der Waals surface area contributed by atoms with Crippen LogP contribution in [0.3, 0.4) is 0 Å². The van der Waals surface area contributed by atoms with Gasteiger partial charge in [-0.25, -0.2) is 0 Å². The van der Waals surface area contributed by atoms with Crippen molar-refractivity contribution in [3.8, 4) is 0 Å². The van der Waals surface area contributed by atoms with Crippen LogP contribution < -0.4 is 0 Å². The molecule has 0 aromatic heterocycles. The van der Waals surface area contributed by atoms with Gasteiger partial charge in [-0.3, -0.25) is 4.79 Å². The molecule has 98 valence electrons. The third kappa shape index (κ3) is 2.99. The van der Waals surface area contributed by atoms with Gasteiger partial charge in [0.1, 0.15) is 0 Å². The van der Waals surface area contributed by atoms with Crippen molar-refractivity contribution in [2.45, 2.75) is 20.3 Å². The largest absolute Gasteiger partial charge is 0.338 e. The average Bonchev–Trinajstić information content (AvgIpc) is 2.81. The third-order valence-corrected chi connectivity index (χ3v) is 4.79. The molecule has 1 unspecified atom stereocenters. The highest BCUT2D eigenvalue weighted by Crippen LogP contribution is 2.26. The number of benzene rings is 1. The van der Waals surface area contributed by atoms with Crippen LogP contribution >= 0.6 is 34.2 Å². The Morgan fingerprint density at radius 1 is 1.50 bits per heavy atom. The van der Waals surface area contributed by atoms with Crippen molar-refractivity contribution in [1.82, 2.24) is 4.90 Å². The first-order valence-electron chi connectivity index (χ1n) is 6.23. The molecule has 0 N–H and O–H groups in total. The van der Waals surface area contributed by atoms with Crippen molar-refractivity contribution in [2.75, 3.05) is 13.1 Å². The fourth-order valence-electron chi connectivity index (χ4n) is 2.35. The summed E-state index contributed by atoms with van der Waals surface area (Å²) in [6, 6.07) is 5.49. The second kappa shape index (κ2) is 5.78. The Morgan fingerprint density at radius 3 is 2.83 bits per heavy atom. The van der Waals surface area contributed by atoms with Gasteiger partial charge < -0.3 is 4.90 Å². The van der Waals surface area contributed by atoms with E-state index in [1.54, 1.807) is 6.07 Å². The molecule has 1 heterocycles. The molecule has 1 amide bonds. The van der Waals surface area contributed by atoms with Gasteiger partial charge >= 0.3 is 0 Å². The summed E-state index contributed by atoms with van der Waals surface area (Å²) in [5.41, 5.74) is 0.729. The van der Waals surface area contributed by atoms with E-state index in [1.807, 2.05) is 17.0 Å². The van der Waals surface area contributed by atoms with Gasteiger partial charge in [0.05, 0.1) is 5.56 Å². The van der Waals surface area contributed by atoms with Gasteiger partial charge in [-0.05, 0) is 59.0 Å². The first kappa shape index (κ1) is 14.1. The van der Waals surface area contributed by atoms with Crippen LogP contribution in [0.1, 0.15) is 30.6 Å². The highest BCUT2D eigenvalue weighted by atomic mass is 127. The van der Waals surface area contributed by atoms with E-state index >= 15 is 0 Å². The molecule has 1 saturated heterocycles. The minimum atomic E-state index is 0.116. The molecule has 1 aromatic carbocycles. The minimum absolute atomic E-state index is 0.116. The summed E-state index contributed by atoms with van der Waals surface area (Å²) in [5, 5.41) is 0.623. The van der Waals surface area contributed by atoms with E-state index < -0.39 is 0 Å². The number of carbonyl (C=O) groups excluding carboxylic acids is 1. The fraction of sp³-hybridized carbons (Fsp3) is 0.500. The number of hydrogen-bond donors (Lipinski definition) is 0. The molecule has 1 fully saturated rings. The predicted octanol–water partition coefficient (Wildman–Crippen LogP) is 4.06. The second-order valence-corrected chi connectivity index (χ2v) is 6.77. The van der Waals surface area contributed by atoms with E-state index in [1.165, 1.54) is 0 Å². The lowest BCUT2D eigenvalue weighted by Gasteiger charge is -2.19. The third-order valence-electron chi connectivity index (χ3n) is 3.61. The van der Waals surface area contributed by atoms with Crippen molar-refractivity contribution in [1.29, 1.82) is 0 Å². The van der Waals surface area contributed by atoms with Crippen LogP contribution in [0.4, 0.5) is 0 Å². The molecule has 0 aliphatic carbocycles. The molecule has 2 rings (SSSR count). The van der Waals surface area contributed by atoms with E-state index in [-0.39, 0.29) is 5.91 Å². The Morgan fingerprint density at radius 2 is 2.22 bits per heavy atom. The van der Waals surface area contributed by atoms with Crippen molar-refractivity contribution in [2.24, 2.45) is 11.8 Å². The molecule has 0 spiro atoms. The first-order chi connectivity index (χ1) is 8.49. The van der Waals surface area contributed by atoms with E-state index in [9.17, 15) is 4.79 Å². The highest BCUT2D eigenvalue weighted by molar-refractivity contribution is 14.1. The van der Waals surface area contributed by atoms with Gasteiger partial charge in [-0.1, -0.05) is 25.4 Å². The van der Waals surface area contributed by atoms with Crippen molar-refractivity contribution >= 4 is 40.1 Å². The number of hydrogen-bond acceptors (Lipinski definition) is 1. The molecule has 1 atom stereocenters. The van der Waals surface area contributed by atoms with Crippen LogP contribution in [-0.2, 0) is 0 Å². The van der Waals surface area contributed by atoms with Gasteiger partial charge in [-0.15, -0.1) is 0 Å². The van der Waals surface area contributed by atoms with E-state index in [0.717, 1.165) is 28.6 Å². The van der Waals surface area contributed by atoms with Crippen LogP contribution in [0, 0.1) is 15.4 Å². The standard InChI is InChI=1S/C14H17ClINO/c1-9(2)10-5-6-17(8-10)14(18)12-7-11(15)3-4-13(12)16/h3-4,7,9-10H,5-6,8H2,1-2H3. The SMILES string of the molecule is CC(C)C1CCN(C(=O)c2cc(Cl)ccc2I)C1. The molecular weight excluding hydrogens is 361 g/mol. The molecule has 4 heteroatoms. The van der Waals surface area contributed by atoms with Crippen LogP contribution in [0.2, 0.25) is 5.02 Å². The van der Waals surface area contributed by atoms with Crippen LogP contribution in [-0.4, -0.2) is 23.9 Å². The molecule has 0 bridgehead atoms. The molecule has 0 saturated carbocycles. The smallest absolute Gasteiger partial charge is 0.254 e. The quantitative estimate of drug-likeness (QED) is 0.712. The number of rotatable bonds is 2. The minimum Gasteiger partial charge on any atom is -0.338 e. The van der Waals surface area contributed by atoms with Crippen molar-refractivity contribution in [3.63, 3.8) is 0 Å². The molecule has 1 aromatic rings. The number of amides is 1. The number of likely N-dealkylation sites (tertiary alicyclic amines) is 1. The number of nitrogens with zero attached hydrogens (tertiary/aromatic N) is 1. The zero-order chi connectivity index (χ0) is 13.3. The highest BCUT2D eigenvalue weighted by Gasteiger charge is 2.29. The Bertz CT molecular complexity index is 461.